The van der Waals surface area contributed by atoms with Gasteiger partial charge >= 0.3 is 0 Å². The second kappa shape index (κ2) is 5.46. The molecule has 0 saturated carbocycles. The van der Waals surface area contributed by atoms with Crippen molar-refractivity contribution in [2.24, 2.45) is 0 Å². The van der Waals surface area contributed by atoms with Crippen molar-refractivity contribution < 1.29 is 9.53 Å². The van der Waals surface area contributed by atoms with E-state index in [1.165, 1.54) is 17.5 Å². The summed E-state index contributed by atoms with van der Waals surface area (Å²) in [4.78, 5) is 14.0. The number of carbonyl (C=O) groups is 1. The molecule has 0 unspecified atom stereocenters. The number of rotatable bonds is 1. The van der Waals surface area contributed by atoms with Crippen LogP contribution in [0.5, 0.6) is 0 Å². The van der Waals surface area contributed by atoms with Gasteiger partial charge in [0, 0.05) is 24.7 Å². The fourth-order valence-electron chi connectivity index (χ4n) is 2.59. The summed E-state index contributed by atoms with van der Waals surface area (Å²) in [5.41, 5.74) is 3.43. The first kappa shape index (κ1) is 12.3. The van der Waals surface area contributed by atoms with Crippen LogP contribution in [0.25, 0.3) is 0 Å². The van der Waals surface area contributed by atoms with E-state index in [9.17, 15) is 4.79 Å². The molecule has 3 heteroatoms. The Bertz CT molecular complexity index is 548. The first-order chi connectivity index (χ1) is 9.33. The molecule has 1 aromatic rings. The highest BCUT2D eigenvalue weighted by atomic mass is 16.5. The third-order valence-corrected chi connectivity index (χ3v) is 3.70. The van der Waals surface area contributed by atoms with Crippen molar-refractivity contribution in [1.29, 1.82) is 0 Å². The summed E-state index contributed by atoms with van der Waals surface area (Å²) in [6, 6.07) is 8.93. The van der Waals surface area contributed by atoms with Gasteiger partial charge in [-0.25, -0.2) is 0 Å². The highest BCUT2D eigenvalue weighted by Gasteiger charge is 2.13. The van der Waals surface area contributed by atoms with Crippen molar-refractivity contribution in [3.05, 3.63) is 34.9 Å². The Morgan fingerprint density at radius 2 is 1.95 bits per heavy atom. The molecule has 1 aliphatic carbocycles. The monoisotopic (exact) mass is 255 g/mol. The quantitative estimate of drug-likeness (QED) is 0.564. The van der Waals surface area contributed by atoms with Gasteiger partial charge in [0.1, 0.15) is 0 Å². The number of ketones is 1. The summed E-state index contributed by atoms with van der Waals surface area (Å²) in [7, 11) is 0. The third-order valence-electron chi connectivity index (χ3n) is 3.70. The van der Waals surface area contributed by atoms with Crippen LogP contribution in [0.4, 0.5) is 0 Å². The molecule has 1 fully saturated rings. The van der Waals surface area contributed by atoms with Crippen molar-refractivity contribution in [3.63, 3.8) is 0 Å². The van der Waals surface area contributed by atoms with Crippen LogP contribution in [0.1, 0.15) is 27.9 Å². The maximum Gasteiger partial charge on any atom is 0.237 e. The van der Waals surface area contributed by atoms with E-state index in [0.717, 1.165) is 31.5 Å². The third kappa shape index (κ3) is 2.80. The number of benzene rings is 1. The molecule has 98 valence electrons. The number of hydrogen-bond donors (Lipinski definition) is 0. The van der Waals surface area contributed by atoms with Gasteiger partial charge in [-0.3, -0.25) is 4.79 Å². The SMILES string of the molecule is O=C(C#CN1CCOCC1)c1ccc2c(c1)CCC2. The Morgan fingerprint density at radius 1 is 1.16 bits per heavy atom. The Kier molecular flexibility index (Phi) is 3.52. The van der Waals surface area contributed by atoms with Crippen molar-refractivity contribution in [3.8, 4) is 12.0 Å². The lowest BCUT2D eigenvalue weighted by Gasteiger charge is -2.22. The highest BCUT2D eigenvalue weighted by Crippen LogP contribution is 2.22. The van der Waals surface area contributed by atoms with Crippen LogP contribution >= 0.6 is 0 Å². The molecule has 3 nitrogen and oxygen atoms in total. The first-order valence-corrected chi connectivity index (χ1v) is 6.83. The summed E-state index contributed by atoms with van der Waals surface area (Å²) in [5.74, 6) is 2.66. The van der Waals surface area contributed by atoms with Gasteiger partial charge in [0.05, 0.1) is 13.2 Å². The van der Waals surface area contributed by atoms with Crippen LogP contribution in [0.15, 0.2) is 18.2 Å². The summed E-state index contributed by atoms with van der Waals surface area (Å²) in [6.45, 7) is 2.96. The zero-order valence-corrected chi connectivity index (χ0v) is 10.9. The van der Waals surface area contributed by atoms with Crippen molar-refractivity contribution in [1.82, 2.24) is 4.90 Å². The molecule has 0 radical (unpaired) electrons. The van der Waals surface area contributed by atoms with E-state index in [-0.39, 0.29) is 5.78 Å². The molecular formula is C16H17NO2. The molecule has 2 aliphatic rings. The van der Waals surface area contributed by atoms with E-state index in [0.29, 0.717) is 13.2 Å². The average molecular weight is 255 g/mol. The van der Waals surface area contributed by atoms with E-state index in [2.05, 4.69) is 18.0 Å². The Labute approximate surface area is 113 Å². The van der Waals surface area contributed by atoms with Crippen LogP contribution in [0.2, 0.25) is 0 Å². The van der Waals surface area contributed by atoms with E-state index in [1.54, 1.807) is 0 Å². The smallest absolute Gasteiger partial charge is 0.237 e. The second-order valence-corrected chi connectivity index (χ2v) is 5.00. The van der Waals surface area contributed by atoms with Gasteiger partial charge in [-0.05, 0) is 42.4 Å². The minimum atomic E-state index is -0.0822. The molecule has 1 aliphatic heterocycles. The normalized spacial score (nSPS) is 17.6. The summed E-state index contributed by atoms with van der Waals surface area (Å²) < 4.78 is 5.25. The molecule has 1 aromatic carbocycles. The van der Waals surface area contributed by atoms with Gasteiger partial charge < -0.3 is 9.64 Å². The van der Waals surface area contributed by atoms with E-state index < -0.39 is 0 Å². The Morgan fingerprint density at radius 3 is 2.79 bits per heavy atom. The largest absolute Gasteiger partial charge is 0.378 e. The number of ether oxygens (including phenoxy) is 1. The summed E-state index contributed by atoms with van der Waals surface area (Å²) >= 11 is 0. The summed E-state index contributed by atoms with van der Waals surface area (Å²) in [5, 5.41) is 0. The van der Waals surface area contributed by atoms with E-state index in [4.69, 9.17) is 4.74 Å². The zero-order valence-electron chi connectivity index (χ0n) is 10.9. The molecule has 3 rings (SSSR count). The maximum absolute atomic E-state index is 12.1. The van der Waals surface area contributed by atoms with Gasteiger partial charge in [-0.2, -0.15) is 0 Å². The molecule has 19 heavy (non-hydrogen) atoms. The summed E-state index contributed by atoms with van der Waals surface area (Å²) in [6.07, 6.45) is 3.43. The molecule has 0 atom stereocenters. The minimum absolute atomic E-state index is 0.0822. The Hall–Kier alpha value is -1.79. The van der Waals surface area contributed by atoms with Crippen molar-refractivity contribution in [2.45, 2.75) is 19.3 Å². The molecule has 0 bridgehead atoms. The standard InChI is InChI=1S/C16H17NO2/c18-16(6-7-17-8-10-19-11-9-17)15-5-4-13-2-1-3-14(13)12-15/h4-5,12H,1-3,8-11H2. The maximum atomic E-state index is 12.1. The fourth-order valence-corrected chi connectivity index (χ4v) is 2.59. The van der Waals surface area contributed by atoms with Crippen molar-refractivity contribution >= 4 is 5.78 Å². The molecule has 0 spiro atoms. The number of nitrogens with zero attached hydrogens (tertiary/aromatic N) is 1. The minimum Gasteiger partial charge on any atom is -0.378 e. The molecular weight excluding hydrogens is 238 g/mol. The van der Waals surface area contributed by atoms with Gasteiger partial charge in [0.15, 0.2) is 0 Å². The van der Waals surface area contributed by atoms with Gasteiger partial charge in [-0.15, -0.1) is 0 Å². The van der Waals surface area contributed by atoms with Gasteiger partial charge in [-0.1, -0.05) is 12.1 Å². The van der Waals surface area contributed by atoms with Crippen LogP contribution in [0, 0.1) is 12.0 Å². The number of fused-ring (bicyclic) bond motifs is 1. The number of carbonyl (C=O) groups excluding carboxylic acids is 1. The topological polar surface area (TPSA) is 29.5 Å². The van der Waals surface area contributed by atoms with Crippen LogP contribution in [-0.2, 0) is 17.6 Å². The molecule has 0 N–H and O–H groups in total. The van der Waals surface area contributed by atoms with Crippen LogP contribution in [-0.4, -0.2) is 37.0 Å². The molecule has 0 amide bonds. The Balaban J connectivity index is 1.71. The number of morpholine rings is 1. The average Bonchev–Trinajstić information content (AvgIpc) is 2.93. The predicted octanol–water partition coefficient (Wildman–Crippen LogP) is 1.65. The number of Topliss-reactive ketones (excluding diaryl/α,β-unsaturated/α-hetero) is 1. The lowest BCUT2D eigenvalue weighted by Crippen LogP contribution is -2.32. The van der Waals surface area contributed by atoms with E-state index in [1.807, 2.05) is 17.0 Å². The zero-order chi connectivity index (χ0) is 13.1. The first-order valence-electron chi connectivity index (χ1n) is 6.83. The molecule has 1 saturated heterocycles. The van der Waals surface area contributed by atoms with E-state index >= 15 is 0 Å². The van der Waals surface area contributed by atoms with Crippen LogP contribution < -0.4 is 0 Å². The fraction of sp³-hybridized carbons (Fsp3) is 0.438. The lowest BCUT2D eigenvalue weighted by molar-refractivity contribution is 0.0637. The van der Waals surface area contributed by atoms with Crippen molar-refractivity contribution in [2.75, 3.05) is 26.3 Å². The number of hydrogen-bond acceptors (Lipinski definition) is 3. The number of aryl methyl sites for hydroxylation is 2. The highest BCUT2D eigenvalue weighted by molar-refractivity contribution is 6.09. The lowest BCUT2D eigenvalue weighted by atomic mass is 10.0. The van der Waals surface area contributed by atoms with Crippen LogP contribution in [0.3, 0.4) is 0 Å². The predicted molar refractivity (Wildman–Crippen MR) is 73.0 cm³/mol. The van der Waals surface area contributed by atoms with Gasteiger partial charge in [0.25, 0.3) is 0 Å². The molecule has 1 heterocycles. The second-order valence-electron chi connectivity index (χ2n) is 5.00. The molecule has 0 aromatic heterocycles. The van der Waals surface area contributed by atoms with Gasteiger partial charge in [0.2, 0.25) is 5.78 Å².